The highest BCUT2D eigenvalue weighted by molar-refractivity contribution is 6.32. The smallest absolute Gasteiger partial charge is 0.270 e. The predicted molar refractivity (Wildman–Crippen MR) is 161 cm³/mol. The Morgan fingerprint density at radius 1 is 1.15 bits per heavy atom. The number of benzene rings is 2. The number of nitrogens with one attached hydrogen (secondary N) is 2. The molecule has 0 bridgehead atoms. The lowest BCUT2D eigenvalue weighted by atomic mass is 9.75. The highest BCUT2D eigenvalue weighted by atomic mass is 35.5. The molecule has 1 aliphatic rings. The van der Waals surface area contributed by atoms with Crippen LogP contribution in [-0.2, 0) is 5.41 Å². The third-order valence-corrected chi connectivity index (χ3v) is 8.59. The van der Waals surface area contributed by atoms with Crippen molar-refractivity contribution < 1.29 is 0 Å². The summed E-state index contributed by atoms with van der Waals surface area (Å²) in [6.45, 7) is 10.1. The van der Waals surface area contributed by atoms with Gasteiger partial charge in [-0.1, -0.05) is 70.3 Å². The van der Waals surface area contributed by atoms with Crippen LogP contribution in [0.15, 0.2) is 65.8 Å². The fourth-order valence-electron chi connectivity index (χ4n) is 5.88. The topological polar surface area (TPSA) is 89.1 Å². The highest BCUT2D eigenvalue weighted by Crippen LogP contribution is 2.39. The van der Waals surface area contributed by atoms with Crippen molar-refractivity contribution in [2.24, 2.45) is 5.92 Å². The Balaban J connectivity index is 1.40. The zero-order valence-corrected chi connectivity index (χ0v) is 24.0. The molecular formula is C31H34ClN7O. The lowest BCUT2D eigenvalue weighted by Crippen LogP contribution is -2.42. The van der Waals surface area contributed by atoms with Gasteiger partial charge in [-0.2, -0.15) is 4.98 Å². The molecular weight excluding hydrogens is 522 g/mol. The Hall–Kier alpha value is -3.75. The maximum Gasteiger partial charge on any atom is 0.270 e. The van der Waals surface area contributed by atoms with Crippen molar-refractivity contribution in [1.29, 1.82) is 0 Å². The van der Waals surface area contributed by atoms with Crippen molar-refractivity contribution in [2.75, 3.05) is 11.9 Å². The Bertz CT molecular complexity index is 1770. The third kappa shape index (κ3) is 4.55. The van der Waals surface area contributed by atoms with E-state index in [2.05, 4.69) is 66.5 Å². The number of fused-ring (bicyclic) bond motifs is 4. The van der Waals surface area contributed by atoms with Crippen molar-refractivity contribution in [3.05, 3.63) is 87.6 Å². The van der Waals surface area contributed by atoms with Gasteiger partial charge in [-0.15, -0.1) is 0 Å². The molecule has 2 N–H and O–H groups in total. The van der Waals surface area contributed by atoms with E-state index in [4.69, 9.17) is 16.6 Å². The molecule has 2 aromatic carbocycles. The number of para-hydroxylation sites is 1. The molecule has 0 radical (unpaired) electrons. The second kappa shape index (κ2) is 10.3. The zero-order valence-electron chi connectivity index (χ0n) is 23.3. The molecule has 6 rings (SSSR count). The van der Waals surface area contributed by atoms with Gasteiger partial charge in [0, 0.05) is 42.3 Å². The molecule has 1 unspecified atom stereocenters. The summed E-state index contributed by atoms with van der Waals surface area (Å²) >= 11 is 6.44. The lowest BCUT2D eigenvalue weighted by molar-refractivity contribution is 0.318. The maximum atomic E-state index is 13.6. The molecule has 3 aromatic heterocycles. The maximum absolute atomic E-state index is 13.6. The van der Waals surface area contributed by atoms with Crippen molar-refractivity contribution in [3.63, 3.8) is 0 Å². The van der Waals surface area contributed by atoms with E-state index in [-0.39, 0.29) is 11.0 Å². The summed E-state index contributed by atoms with van der Waals surface area (Å²) in [6, 6.07) is 14.1. The molecule has 0 spiro atoms. The van der Waals surface area contributed by atoms with E-state index >= 15 is 0 Å². The first-order valence-electron chi connectivity index (χ1n) is 13.9. The van der Waals surface area contributed by atoms with E-state index in [1.54, 1.807) is 35.1 Å². The molecule has 206 valence electrons. The van der Waals surface area contributed by atoms with Gasteiger partial charge in [0.1, 0.15) is 5.39 Å². The van der Waals surface area contributed by atoms with Gasteiger partial charge in [0.15, 0.2) is 5.65 Å². The van der Waals surface area contributed by atoms with E-state index < -0.39 is 0 Å². The molecule has 0 saturated heterocycles. The molecule has 0 saturated carbocycles. The second-order valence-electron chi connectivity index (χ2n) is 11.3. The standard InChI is InChI=1S/C31H34ClN7O/c1-5-19(6-2)15-25-21-16-20(11-12-23(21)31(3,4)18-35-25)36-29-34-17-22-27(37-29)38-14-13-33-30(38)39(28(22)40)26-10-8-7-9-24(26)32/h7-14,16-17,19,25,35H,5-6,15,18H2,1-4H3,(H,34,36,37). The third-order valence-electron chi connectivity index (χ3n) is 8.27. The number of rotatable bonds is 7. The normalized spacial score (nSPS) is 16.5. The van der Waals surface area contributed by atoms with Crippen LogP contribution in [0.2, 0.25) is 5.02 Å². The van der Waals surface area contributed by atoms with E-state index in [0.717, 1.165) is 18.7 Å². The molecule has 1 atom stereocenters. The average molecular weight is 556 g/mol. The van der Waals surface area contributed by atoms with Gasteiger partial charge in [-0.05, 0) is 47.7 Å². The first kappa shape index (κ1) is 26.5. The van der Waals surface area contributed by atoms with Crippen LogP contribution in [0.4, 0.5) is 11.6 Å². The van der Waals surface area contributed by atoms with E-state index in [1.807, 2.05) is 12.1 Å². The fourth-order valence-corrected chi connectivity index (χ4v) is 6.10. The molecule has 5 aromatic rings. The number of anilines is 2. The summed E-state index contributed by atoms with van der Waals surface area (Å²) < 4.78 is 3.29. The monoisotopic (exact) mass is 555 g/mol. The number of aromatic nitrogens is 5. The fraction of sp³-hybridized carbons (Fsp3) is 0.355. The number of imidazole rings is 1. The minimum Gasteiger partial charge on any atom is -0.324 e. The molecule has 4 heterocycles. The quantitative estimate of drug-likeness (QED) is 0.236. The summed E-state index contributed by atoms with van der Waals surface area (Å²) in [7, 11) is 0. The molecule has 0 fully saturated rings. The summed E-state index contributed by atoms with van der Waals surface area (Å²) in [5, 5.41) is 8.04. The first-order chi connectivity index (χ1) is 19.3. The summed E-state index contributed by atoms with van der Waals surface area (Å²) in [5.41, 5.74) is 4.43. The number of hydrogen-bond donors (Lipinski definition) is 2. The second-order valence-corrected chi connectivity index (χ2v) is 11.7. The van der Waals surface area contributed by atoms with Gasteiger partial charge in [0.05, 0.1) is 10.7 Å². The molecule has 1 aliphatic heterocycles. The van der Waals surface area contributed by atoms with Crippen molar-refractivity contribution in [3.8, 4) is 5.69 Å². The first-order valence-corrected chi connectivity index (χ1v) is 14.3. The van der Waals surface area contributed by atoms with E-state index in [9.17, 15) is 4.79 Å². The van der Waals surface area contributed by atoms with Crippen LogP contribution in [0.1, 0.15) is 64.1 Å². The molecule has 40 heavy (non-hydrogen) atoms. The average Bonchev–Trinajstić information content (AvgIpc) is 3.44. The van der Waals surface area contributed by atoms with Crippen LogP contribution >= 0.6 is 11.6 Å². The number of nitrogens with zero attached hydrogens (tertiary/aromatic N) is 5. The lowest BCUT2D eigenvalue weighted by Gasteiger charge is -2.39. The Kier molecular flexibility index (Phi) is 6.84. The van der Waals surface area contributed by atoms with Crippen molar-refractivity contribution >= 4 is 40.0 Å². The Labute approximate surface area is 238 Å². The van der Waals surface area contributed by atoms with Gasteiger partial charge in [0.2, 0.25) is 11.7 Å². The Morgan fingerprint density at radius 3 is 2.73 bits per heavy atom. The highest BCUT2D eigenvalue weighted by Gasteiger charge is 2.33. The largest absolute Gasteiger partial charge is 0.324 e. The predicted octanol–water partition coefficient (Wildman–Crippen LogP) is 6.57. The van der Waals surface area contributed by atoms with Gasteiger partial charge in [-0.3, -0.25) is 9.20 Å². The van der Waals surface area contributed by atoms with Crippen LogP contribution in [0.25, 0.3) is 22.5 Å². The van der Waals surface area contributed by atoms with Crippen molar-refractivity contribution in [2.45, 2.75) is 58.4 Å². The van der Waals surface area contributed by atoms with Gasteiger partial charge >= 0.3 is 0 Å². The molecule has 0 amide bonds. The van der Waals surface area contributed by atoms with Crippen molar-refractivity contribution in [1.82, 2.24) is 29.2 Å². The molecule has 8 nitrogen and oxygen atoms in total. The van der Waals surface area contributed by atoms with Crippen LogP contribution < -0.4 is 16.2 Å². The zero-order chi connectivity index (χ0) is 28.0. The summed E-state index contributed by atoms with van der Waals surface area (Å²) in [5.74, 6) is 1.53. The minimum absolute atomic E-state index is 0.0479. The van der Waals surface area contributed by atoms with Crippen LogP contribution in [0.3, 0.4) is 0 Å². The van der Waals surface area contributed by atoms with Gasteiger partial charge in [-0.25, -0.2) is 14.5 Å². The van der Waals surface area contributed by atoms with Crippen LogP contribution in [0.5, 0.6) is 0 Å². The minimum atomic E-state index is -0.278. The van der Waals surface area contributed by atoms with Gasteiger partial charge in [0.25, 0.3) is 5.56 Å². The summed E-state index contributed by atoms with van der Waals surface area (Å²) in [4.78, 5) is 27.3. The van der Waals surface area contributed by atoms with Crippen LogP contribution in [-0.4, -0.2) is 30.5 Å². The summed E-state index contributed by atoms with van der Waals surface area (Å²) in [6.07, 6.45) is 8.47. The number of hydrogen-bond acceptors (Lipinski definition) is 6. The number of halogens is 1. The van der Waals surface area contributed by atoms with E-state index in [1.165, 1.54) is 28.5 Å². The van der Waals surface area contributed by atoms with E-state index in [0.29, 0.717) is 45.4 Å². The Morgan fingerprint density at radius 2 is 1.95 bits per heavy atom. The molecule has 0 aliphatic carbocycles. The SMILES string of the molecule is CCC(CC)CC1NCC(C)(C)c2ccc(Nc3ncc4c(=O)n(-c5ccccc5Cl)c5nccn5c4n3)cc21. The molecule has 9 heteroatoms. The van der Waals surface area contributed by atoms with Gasteiger partial charge < -0.3 is 10.6 Å². The van der Waals surface area contributed by atoms with Crippen LogP contribution in [0, 0.1) is 5.92 Å².